The van der Waals surface area contributed by atoms with Crippen LogP contribution in [0, 0.1) is 0 Å². The Kier molecular flexibility index (Phi) is 61.2. The maximum Gasteiger partial charge on any atom is 0.310 e. The smallest absolute Gasteiger partial charge is 0.310 e. The lowest BCUT2D eigenvalue weighted by molar-refractivity contribution is -0.166. The highest BCUT2D eigenvalue weighted by molar-refractivity contribution is 5.72. The number of hydrogen-bond acceptors (Lipinski definition) is 6. The third-order valence-corrected chi connectivity index (χ3v) is 14.2. The van der Waals surface area contributed by atoms with Gasteiger partial charge < -0.3 is 14.2 Å². The maximum absolute atomic E-state index is 12.8. The zero-order chi connectivity index (χ0) is 55.0. The number of unbranched alkanes of at least 4 members (excludes halogenated alkanes) is 35. The molecule has 1 atom stereocenters. The Morgan fingerprint density at radius 3 is 0.868 bits per heavy atom. The molecule has 438 valence electrons. The Labute approximate surface area is 471 Å². The summed E-state index contributed by atoms with van der Waals surface area (Å²) in [6.07, 6.45) is 84.9. The molecular formula is C70H122O6. The van der Waals surface area contributed by atoms with Crippen molar-refractivity contribution in [3.05, 3.63) is 85.1 Å². The van der Waals surface area contributed by atoms with Gasteiger partial charge in [-0.3, -0.25) is 14.4 Å². The second-order valence-corrected chi connectivity index (χ2v) is 21.7. The molecule has 0 aromatic heterocycles. The van der Waals surface area contributed by atoms with Crippen molar-refractivity contribution < 1.29 is 28.6 Å². The van der Waals surface area contributed by atoms with Gasteiger partial charge in [-0.2, -0.15) is 0 Å². The summed E-state index contributed by atoms with van der Waals surface area (Å²) in [5.41, 5.74) is 0. The third-order valence-electron chi connectivity index (χ3n) is 14.2. The van der Waals surface area contributed by atoms with Crippen molar-refractivity contribution in [3.63, 3.8) is 0 Å². The lowest BCUT2D eigenvalue weighted by Crippen LogP contribution is -2.30. The van der Waals surface area contributed by atoms with Gasteiger partial charge >= 0.3 is 17.9 Å². The fraction of sp³-hybridized carbons (Fsp3) is 0.757. The normalized spacial score (nSPS) is 12.6. The van der Waals surface area contributed by atoms with E-state index in [1.165, 1.54) is 205 Å². The van der Waals surface area contributed by atoms with E-state index in [2.05, 4.69) is 93.7 Å². The van der Waals surface area contributed by atoms with Gasteiger partial charge in [-0.1, -0.05) is 311 Å². The number of rotatable bonds is 59. The monoisotopic (exact) mass is 1060 g/mol. The first-order chi connectivity index (χ1) is 37.5. The molecule has 0 saturated carbocycles. The Bertz CT molecular complexity index is 1450. The first-order valence-electron chi connectivity index (χ1n) is 32.6. The minimum atomic E-state index is -0.829. The van der Waals surface area contributed by atoms with E-state index in [0.717, 1.165) is 77.0 Å². The molecule has 0 rings (SSSR count). The summed E-state index contributed by atoms with van der Waals surface area (Å²) >= 11 is 0. The summed E-state index contributed by atoms with van der Waals surface area (Å²) < 4.78 is 16.8. The van der Waals surface area contributed by atoms with Gasteiger partial charge in [0.2, 0.25) is 0 Å². The molecule has 6 nitrogen and oxygen atoms in total. The van der Waals surface area contributed by atoms with Crippen LogP contribution in [0.1, 0.15) is 323 Å². The Hall–Kier alpha value is -3.41. The van der Waals surface area contributed by atoms with Gasteiger partial charge in [-0.25, -0.2) is 0 Å². The SMILES string of the molecule is CC/C=C\C/C=C\C/C=C\C/C=C\C/C=C\CC(=O)OC(COC(=O)CCCCCCCCCCCCCCCC)COC(=O)CCCCCCCCCCCCCCCCCCC/C=C\C/C=C\CCCCCCC. The third kappa shape index (κ3) is 61.4. The molecule has 0 bridgehead atoms. The van der Waals surface area contributed by atoms with Crippen LogP contribution in [0.2, 0.25) is 0 Å². The molecule has 0 saturated heterocycles. The molecule has 0 spiro atoms. The molecule has 76 heavy (non-hydrogen) atoms. The summed E-state index contributed by atoms with van der Waals surface area (Å²) in [6, 6.07) is 0. The Morgan fingerprint density at radius 1 is 0.289 bits per heavy atom. The van der Waals surface area contributed by atoms with Crippen molar-refractivity contribution in [1.82, 2.24) is 0 Å². The van der Waals surface area contributed by atoms with Crippen molar-refractivity contribution in [1.29, 1.82) is 0 Å². The van der Waals surface area contributed by atoms with Crippen LogP contribution in [-0.2, 0) is 28.6 Å². The van der Waals surface area contributed by atoms with E-state index in [0.29, 0.717) is 12.8 Å². The van der Waals surface area contributed by atoms with Gasteiger partial charge in [0.05, 0.1) is 6.42 Å². The van der Waals surface area contributed by atoms with Gasteiger partial charge in [0, 0.05) is 12.8 Å². The number of carbonyl (C=O) groups excluding carboxylic acids is 3. The van der Waals surface area contributed by atoms with Crippen LogP contribution in [0.3, 0.4) is 0 Å². The fourth-order valence-electron chi connectivity index (χ4n) is 9.32. The highest BCUT2D eigenvalue weighted by atomic mass is 16.6. The van der Waals surface area contributed by atoms with E-state index in [4.69, 9.17) is 14.2 Å². The Balaban J connectivity index is 4.26. The summed E-state index contributed by atoms with van der Waals surface area (Å²) in [6.45, 7) is 6.47. The summed E-state index contributed by atoms with van der Waals surface area (Å²) in [5, 5.41) is 0. The minimum absolute atomic E-state index is 0.0994. The molecule has 0 fully saturated rings. The van der Waals surface area contributed by atoms with Crippen LogP contribution in [-0.4, -0.2) is 37.2 Å². The highest BCUT2D eigenvalue weighted by Gasteiger charge is 2.19. The molecule has 6 heteroatoms. The fourth-order valence-corrected chi connectivity index (χ4v) is 9.32. The van der Waals surface area contributed by atoms with E-state index in [1.807, 2.05) is 6.08 Å². The van der Waals surface area contributed by atoms with Gasteiger partial charge in [0.1, 0.15) is 13.2 Å². The molecule has 0 heterocycles. The van der Waals surface area contributed by atoms with Crippen LogP contribution < -0.4 is 0 Å². The van der Waals surface area contributed by atoms with Gasteiger partial charge in [0.25, 0.3) is 0 Å². The predicted molar refractivity (Wildman–Crippen MR) is 330 cm³/mol. The first-order valence-corrected chi connectivity index (χ1v) is 32.6. The number of esters is 3. The molecule has 0 aliphatic heterocycles. The molecule has 0 aliphatic rings. The molecule has 0 aliphatic carbocycles. The van der Waals surface area contributed by atoms with Crippen LogP contribution in [0.5, 0.6) is 0 Å². The summed E-state index contributed by atoms with van der Waals surface area (Å²) in [5.74, 6) is -1.03. The maximum atomic E-state index is 12.8. The average Bonchev–Trinajstić information content (AvgIpc) is 3.42. The average molecular weight is 1060 g/mol. The van der Waals surface area contributed by atoms with E-state index in [-0.39, 0.29) is 31.6 Å². The van der Waals surface area contributed by atoms with Crippen molar-refractivity contribution in [2.75, 3.05) is 13.2 Å². The molecule has 1 unspecified atom stereocenters. The van der Waals surface area contributed by atoms with Crippen LogP contribution in [0.15, 0.2) is 85.1 Å². The molecule has 0 N–H and O–H groups in total. The van der Waals surface area contributed by atoms with E-state index in [1.54, 1.807) is 6.08 Å². The van der Waals surface area contributed by atoms with Crippen molar-refractivity contribution in [2.45, 2.75) is 329 Å². The minimum Gasteiger partial charge on any atom is -0.462 e. The molecule has 0 amide bonds. The van der Waals surface area contributed by atoms with Crippen LogP contribution in [0.4, 0.5) is 0 Å². The predicted octanol–water partition coefficient (Wildman–Crippen LogP) is 22.3. The standard InChI is InChI=1S/C70H122O6/c1-4-7-10-13-16-19-22-25-28-29-30-31-32-33-34-35-36-37-38-39-40-41-43-45-48-51-54-57-60-63-69(72)75-66-67(65-74-68(71)62-59-56-53-50-47-44-27-24-21-18-15-12-9-6-3)76-70(73)64-61-58-55-52-49-46-42-26-23-20-17-14-11-8-5-2/h8,11,17,20,22,25-26,29-30,42,49,52,58,61,67H,4-7,9-10,12-16,18-19,21,23-24,27-28,31-41,43-48,50-51,53-57,59-60,62-66H2,1-3H3/b11-8-,20-17-,25-22-,30-29-,42-26-,52-49-,61-58-. The lowest BCUT2D eigenvalue weighted by Gasteiger charge is -2.18. The number of carbonyl (C=O) groups is 3. The quantitative estimate of drug-likeness (QED) is 0.0261. The van der Waals surface area contributed by atoms with Gasteiger partial charge in [0.15, 0.2) is 6.10 Å². The van der Waals surface area contributed by atoms with Crippen molar-refractivity contribution >= 4 is 17.9 Å². The van der Waals surface area contributed by atoms with Gasteiger partial charge in [-0.05, 0) is 77.0 Å². The van der Waals surface area contributed by atoms with E-state index < -0.39 is 12.1 Å². The van der Waals surface area contributed by atoms with Crippen molar-refractivity contribution in [2.24, 2.45) is 0 Å². The summed E-state index contributed by atoms with van der Waals surface area (Å²) in [7, 11) is 0. The second kappa shape index (κ2) is 64.1. The topological polar surface area (TPSA) is 78.9 Å². The molecular weight excluding hydrogens is 937 g/mol. The number of allylic oxidation sites excluding steroid dienone is 13. The molecule has 0 aromatic carbocycles. The zero-order valence-electron chi connectivity index (χ0n) is 50.3. The largest absolute Gasteiger partial charge is 0.462 e. The van der Waals surface area contributed by atoms with Crippen LogP contribution in [0.25, 0.3) is 0 Å². The Morgan fingerprint density at radius 2 is 0.553 bits per heavy atom. The van der Waals surface area contributed by atoms with E-state index in [9.17, 15) is 14.4 Å². The number of ether oxygens (including phenoxy) is 3. The van der Waals surface area contributed by atoms with Crippen molar-refractivity contribution in [3.8, 4) is 0 Å². The van der Waals surface area contributed by atoms with Gasteiger partial charge in [-0.15, -0.1) is 0 Å². The summed E-state index contributed by atoms with van der Waals surface area (Å²) in [4.78, 5) is 38.2. The zero-order valence-corrected chi connectivity index (χ0v) is 50.3. The lowest BCUT2D eigenvalue weighted by atomic mass is 10.0. The van der Waals surface area contributed by atoms with E-state index >= 15 is 0 Å². The molecule has 0 aromatic rings. The molecule has 0 radical (unpaired) electrons. The highest BCUT2D eigenvalue weighted by Crippen LogP contribution is 2.17. The number of hydrogen-bond donors (Lipinski definition) is 0. The first kappa shape index (κ1) is 72.6. The second-order valence-electron chi connectivity index (χ2n) is 21.7. The van der Waals surface area contributed by atoms with Crippen LogP contribution >= 0.6 is 0 Å².